The summed E-state index contributed by atoms with van der Waals surface area (Å²) in [5.74, 6) is 1.63. The van der Waals surface area contributed by atoms with Crippen LogP contribution in [0, 0.1) is 0 Å². The summed E-state index contributed by atoms with van der Waals surface area (Å²) in [7, 11) is 5.13. The highest BCUT2D eigenvalue weighted by atomic mass is 79.9. The SMILES string of the molecule is CCc1c(N)cc(Br)cc1OC.COc1cc(Br)cc2nnn(C)c12. The zero-order valence-electron chi connectivity index (χ0n) is 14.5. The fourth-order valence-corrected chi connectivity index (χ4v) is 3.35. The Balaban J connectivity index is 0.000000181. The lowest BCUT2D eigenvalue weighted by Gasteiger charge is -2.09. The molecule has 0 amide bonds. The molecule has 3 rings (SSSR count). The molecule has 134 valence electrons. The molecule has 0 atom stereocenters. The maximum Gasteiger partial charge on any atom is 0.147 e. The molecule has 0 saturated heterocycles. The highest BCUT2D eigenvalue weighted by molar-refractivity contribution is 9.10. The molecule has 8 heteroatoms. The van der Waals surface area contributed by atoms with Gasteiger partial charge in [-0.15, -0.1) is 5.10 Å². The average molecular weight is 472 g/mol. The number of aryl methyl sites for hydroxylation is 1. The number of nitrogen functional groups attached to an aromatic ring is 1. The van der Waals surface area contributed by atoms with Gasteiger partial charge in [0.15, 0.2) is 0 Å². The molecule has 1 aromatic heterocycles. The molecule has 0 bridgehead atoms. The number of anilines is 1. The van der Waals surface area contributed by atoms with Gasteiger partial charge in [0.25, 0.3) is 0 Å². The number of hydrogen-bond donors (Lipinski definition) is 1. The van der Waals surface area contributed by atoms with Crippen LogP contribution >= 0.6 is 31.9 Å². The number of halogens is 2. The highest BCUT2D eigenvalue weighted by Gasteiger charge is 2.09. The summed E-state index contributed by atoms with van der Waals surface area (Å²) in [6.45, 7) is 2.06. The molecule has 2 aromatic carbocycles. The van der Waals surface area contributed by atoms with Crippen LogP contribution in [-0.2, 0) is 13.5 Å². The second kappa shape index (κ2) is 8.53. The number of methoxy groups -OCH3 is 2. The first kappa shape index (κ1) is 19.5. The summed E-state index contributed by atoms with van der Waals surface area (Å²) < 4.78 is 14.0. The number of nitrogens with two attached hydrogens (primary N) is 1. The van der Waals surface area contributed by atoms with Crippen LogP contribution in [0.3, 0.4) is 0 Å². The molecule has 0 saturated carbocycles. The van der Waals surface area contributed by atoms with Crippen molar-refractivity contribution in [3.63, 3.8) is 0 Å². The molecule has 0 spiro atoms. The van der Waals surface area contributed by atoms with E-state index in [0.29, 0.717) is 0 Å². The number of fused-ring (bicyclic) bond motifs is 1. The number of aromatic nitrogens is 3. The Bertz CT molecular complexity index is 881. The maximum absolute atomic E-state index is 5.80. The minimum Gasteiger partial charge on any atom is -0.496 e. The van der Waals surface area contributed by atoms with Crippen molar-refractivity contribution in [2.45, 2.75) is 13.3 Å². The van der Waals surface area contributed by atoms with E-state index in [1.807, 2.05) is 31.3 Å². The Labute approximate surface area is 163 Å². The Morgan fingerprint density at radius 2 is 1.64 bits per heavy atom. The van der Waals surface area contributed by atoms with Gasteiger partial charge >= 0.3 is 0 Å². The van der Waals surface area contributed by atoms with Crippen molar-refractivity contribution in [1.82, 2.24) is 15.0 Å². The molecule has 0 unspecified atom stereocenters. The van der Waals surface area contributed by atoms with Crippen LogP contribution in [0.1, 0.15) is 12.5 Å². The fourth-order valence-electron chi connectivity index (χ4n) is 2.47. The molecule has 0 aliphatic carbocycles. The van der Waals surface area contributed by atoms with Crippen LogP contribution in [0.4, 0.5) is 5.69 Å². The standard InChI is InChI=1S/C9H12BrNO.C8H8BrN3O/c1-3-7-8(11)4-6(10)5-9(7)12-2;1-12-8-6(10-11-12)3-5(9)4-7(8)13-2/h4-5H,3,11H2,1-2H3;3-4H,1-2H3. The summed E-state index contributed by atoms with van der Waals surface area (Å²) >= 11 is 6.73. The molecule has 0 aliphatic rings. The third-order valence-corrected chi connectivity index (χ3v) is 4.55. The van der Waals surface area contributed by atoms with Gasteiger partial charge in [0.2, 0.25) is 0 Å². The zero-order chi connectivity index (χ0) is 18.6. The van der Waals surface area contributed by atoms with Crippen LogP contribution < -0.4 is 15.2 Å². The lowest BCUT2D eigenvalue weighted by atomic mass is 10.1. The first-order chi connectivity index (χ1) is 11.9. The van der Waals surface area contributed by atoms with Crippen molar-refractivity contribution in [1.29, 1.82) is 0 Å². The molecule has 1 heterocycles. The smallest absolute Gasteiger partial charge is 0.147 e. The Hall–Kier alpha value is -1.80. The summed E-state index contributed by atoms with van der Waals surface area (Å²) in [6, 6.07) is 7.62. The van der Waals surface area contributed by atoms with E-state index < -0.39 is 0 Å². The van der Waals surface area contributed by atoms with Crippen LogP contribution in [-0.4, -0.2) is 29.2 Å². The van der Waals surface area contributed by atoms with Gasteiger partial charge in [-0.1, -0.05) is 44.0 Å². The summed E-state index contributed by atoms with van der Waals surface area (Å²) in [6.07, 6.45) is 0.891. The van der Waals surface area contributed by atoms with Gasteiger partial charge in [-0.05, 0) is 30.7 Å². The van der Waals surface area contributed by atoms with Gasteiger partial charge in [-0.3, -0.25) is 0 Å². The predicted octanol–water partition coefficient (Wildman–Crippen LogP) is 4.34. The Morgan fingerprint density at radius 3 is 2.24 bits per heavy atom. The molecule has 25 heavy (non-hydrogen) atoms. The van der Waals surface area contributed by atoms with Crippen molar-refractivity contribution < 1.29 is 9.47 Å². The lowest BCUT2D eigenvalue weighted by Crippen LogP contribution is -1.97. The van der Waals surface area contributed by atoms with E-state index in [1.165, 1.54) is 0 Å². The van der Waals surface area contributed by atoms with Gasteiger partial charge in [0.05, 0.1) is 14.2 Å². The highest BCUT2D eigenvalue weighted by Crippen LogP contribution is 2.29. The van der Waals surface area contributed by atoms with Crippen molar-refractivity contribution in [3.8, 4) is 11.5 Å². The third kappa shape index (κ3) is 4.43. The van der Waals surface area contributed by atoms with E-state index >= 15 is 0 Å². The monoisotopic (exact) mass is 470 g/mol. The Kier molecular flexibility index (Phi) is 6.66. The molecule has 2 N–H and O–H groups in total. The van der Waals surface area contributed by atoms with Gasteiger partial charge in [-0.2, -0.15) is 0 Å². The molecule has 0 fully saturated rings. The minimum atomic E-state index is 0.775. The van der Waals surface area contributed by atoms with Crippen LogP contribution in [0.2, 0.25) is 0 Å². The van der Waals surface area contributed by atoms with E-state index in [0.717, 1.165) is 49.1 Å². The molecule has 0 aliphatic heterocycles. The number of rotatable bonds is 3. The number of hydrogen-bond acceptors (Lipinski definition) is 5. The van der Waals surface area contributed by atoms with Crippen molar-refractivity contribution in [3.05, 3.63) is 38.8 Å². The first-order valence-electron chi connectivity index (χ1n) is 7.56. The Morgan fingerprint density at radius 1 is 1.04 bits per heavy atom. The van der Waals surface area contributed by atoms with Crippen molar-refractivity contribution >= 4 is 48.6 Å². The summed E-state index contributed by atoms with van der Waals surface area (Å²) in [5.41, 5.74) is 9.39. The fraction of sp³-hybridized carbons (Fsp3) is 0.294. The van der Waals surface area contributed by atoms with E-state index in [9.17, 15) is 0 Å². The quantitative estimate of drug-likeness (QED) is 0.575. The van der Waals surface area contributed by atoms with Gasteiger partial charge in [0.1, 0.15) is 22.5 Å². The van der Waals surface area contributed by atoms with Crippen LogP contribution in [0.25, 0.3) is 11.0 Å². The summed E-state index contributed by atoms with van der Waals surface area (Å²) in [5, 5.41) is 7.90. The largest absolute Gasteiger partial charge is 0.496 e. The molecular weight excluding hydrogens is 452 g/mol. The van der Waals surface area contributed by atoms with Crippen molar-refractivity contribution in [2.75, 3.05) is 20.0 Å². The van der Waals surface area contributed by atoms with Crippen LogP contribution in [0.5, 0.6) is 11.5 Å². The normalized spacial score (nSPS) is 10.3. The molecular formula is C17H20Br2N4O2. The zero-order valence-corrected chi connectivity index (χ0v) is 17.7. The topological polar surface area (TPSA) is 75.2 Å². The number of nitrogens with zero attached hydrogens (tertiary/aromatic N) is 3. The third-order valence-electron chi connectivity index (χ3n) is 3.63. The average Bonchev–Trinajstić information content (AvgIpc) is 2.95. The van der Waals surface area contributed by atoms with E-state index in [2.05, 4.69) is 49.1 Å². The molecule has 0 radical (unpaired) electrons. The predicted molar refractivity (Wildman–Crippen MR) is 107 cm³/mol. The number of benzene rings is 2. The van der Waals surface area contributed by atoms with Crippen LogP contribution in [0.15, 0.2) is 33.2 Å². The lowest BCUT2D eigenvalue weighted by molar-refractivity contribution is 0.410. The van der Waals surface area contributed by atoms with Gasteiger partial charge in [0, 0.05) is 27.2 Å². The molecule has 6 nitrogen and oxygen atoms in total. The molecule has 3 aromatic rings. The number of ether oxygens (including phenoxy) is 2. The van der Waals surface area contributed by atoms with E-state index in [-0.39, 0.29) is 0 Å². The van der Waals surface area contributed by atoms with Gasteiger partial charge < -0.3 is 15.2 Å². The van der Waals surface area contributed by atoms with Gasteiger partial charge in [-0.25, -0.2) is 4.68 Å². The van der Waals surface area contributed by atoms with Crippen molar-refractivity contribution in [2.24, 2.45) is 7.05 Å². The minimum absolute atomic E-state index is 0.775. The van der Waals surface area contributed by atoms with E-state index in [1.54, 1.807) is 18.9 Å². The maximum atomic E-state index is 5.80. The van der Waals surface area contributed by atoms with E-state index in [4.69, 9.17) is 15.2 Å². The second-order valence-corrected chi connectivity index (χ2v) is 7.05. The second-order valence-electron chi connectivity index (χ2n) is 5.22. The summed E-state index contributed by atoms with van der Waals surface area (Å²) in [4.78, 5) is 0. The first-order valence-corrected chi connectivity index (χ1v) is 9.14.